The second-order valence-corrected chi connectivity index (χ2v) is 7.76. The van der Waals surface area contributed by atoms with E-state index < -0.39 is 0 Å². The van der Waals surface area contributed by atoms with Crippen LogP contribution < -0.4 is 5.32 Å². The van der Waals surface area contributed by atoms with E-state index in [0.717, 1.165) is 44.4 Å². The largest absolute Gasteiger partial charge is 0.321 e. The van der Waals surface area contributed by atoms with Crippen molar-refractivity contribution in [1.29, 1.82) is 0 Å². The summed E-state index contributed by atoms with van der Waals surface area (Å²) in [5.41, 5.74) is 7.62. The van der Waals surface area contributed by atoms with Crippen molar-refractivity contribution in [3.05, 3.63) is 94.3 Å². The predicted molar refractivity (Wildman–Crippen MR) is 120 cm³/mol. The van der Waals surface area contributed by atoms with Gasteiger partial charge in [-0.1, -0.05) is 29.8 Å². The third kappa shape index (κ3) is 3.69. The van der Waals surface area contributed by atoms with Crippen molar-refractivity contribution in [2.24, 2.45) is 0 Å². The number of fused-ring (bicyclic) bond motifs is 1. The molecule has 0 saturated heterocycles. The van der Waals surface area contributed by atoms with E-state index in [0.29, 0.717) is 11.3 Å². The molecule has 0 bridgehead atoms. The number of halogens is 1. The minimum Gasteiger partial charge on any atom is -0.321 e. The zero-order valence-electron chi connectivity index (χ0n) is 17.5. The SMILES string of the molecule is Cc1cc(C)c2nc(-c3ccc(F)cc3)cc(C(=O)Nc3c(C)cccc3C)c2c1. The molecule has 0 radical (unpaired) electrons. The Bertz CT molecular complexity index is 1260. The van der Waals surface area contributed by atoms with Crippen LogP contribution in [0.3, 0.4) is 0 Å². The Morgan fingerprint density at radius 3 is 2.20 bits per heavy atom. The van der Waals surface area contributed by atoms with E-state index in [9.17, 15) is 9.18 Å². The Labute approximate surface area is 175 Å². The number of aromatic nitrogens is 1. The molecule has 150 valence electrons. The minimum absolute atomic E-state index is 0.187. The van der Waals surface area contributed by atoms with Crippen LogP contribution in [-0.2, 0) is 0 Å². The lowest BCUT2D eigenvalue weighted by Gasteiger charge is -2.15. The topological polar surface area (TPSA) is 42.0 Å². The van der Waals surface area contributed by atoms with Crippen LogP contribution in [0.1, 0.15) is 32.6 Å². The maximum absolute atomic E-state index is 13.4. The molecule has 0 unspecified atom stereocenters. The van der Waals surface area contributed by atoms with Crippen LogP contribution in [-0.4, -0.2) is 10.9 Å². The summed E-state index contributed by atoms with van der Waals surface area (Å²) in [7, 11) is 0. The molecule has 1 N–H and O–H groups in total. The molecule has 4 aromatic rings. The molecule has 0 aliphatic rings. The molecule has 0 spiro atoms. The summed E-state index contributed by atoms with van der Waals surface area (Å²) in [6, 6.07) is 17.9. The zero-order valence-corrected chi connectivity index (χ0v) is 17.5. The minimum atomic E-state index is -0.306. The number of nitrogens with one attached hydrogen (secondary N) is 1. The predicted octanol–water partition coefficient (Wildman–Crippen LogP) is 6.53. The highest BCUT2D eigenvalue weighted by atomic mass is 19.1. The lowest BCUT2D eigenvalue weighted by atomic mass is 9.99. The number of para-hydroxylation sites is 1. The van der Waals surface area contributed by atoms with Gasteiger partial charge < -0.3 is 5.32 Å². The number of benzene rings is 3. The number of rotatable bonds is 3. The van der Waals surface area contributed by atoms with Gasteiger partial charge in [0.15, 0.2) is 0 Å². The van der Waals surface area contributed by atoms with Gasteiger partial charge in [0.05, 0.1) is 16.8 Å². The van der Waals surface area contributed by atoms with Gasteiger partial charge in [0.2, 0.25) is 0 Å². The third-order valence-corrected chi connectivity index (χ3v) is 5.35. The van der Waals surface area contributed by atoms with E-state index in [1.54, 1.807) is 18.2 Å². The smallest absolute Gasteiger partial charge is 0.256 e. The number of anilines is 1. The van der Waals surface area contributed by atoms with E-state index in [-0.39, 0.29) is 11.7 Å². The molecule has 0 saturated carbocycles. The number of carbonyl (C=O) groups excluding carboxylic acids is 1. The highest BCUT2D eigenvalue weighted by Gasteiger charge is 2.17. The lowest BCUT2D eigenvalue weighted by Crippen LogP contribution is -2.15. The molecule has 4 rings (SSSR count). The van der Waals surface area contributed by atoms with Gasteiger partial charge in [-0.15, -0.1) is 0 Å². The fraction of sp³-hybridized carbons (Fsp3) is 0.154. The Kier molecular flexibility index (Phi) is 5.08. The maximum atomic E-state index is 13.4. The van der Waals surface area contributed by atoms with Gasteiger partial charge >= 0.3 is 0 Å². The van der Waals surface area contributed by atoms with E-state index in [2.05, 4.69) is 11.4 Å². The highest BCUT2D eigenvalue weighted by Crippen LogP contribution is 2.29. The van der Waals surface area contributed by atoms with Crippen molar-refractivity contribution in [3.8, 4) is 11.3 Å². The van der Waals surface area contributed by atoms with Crippen molar-refractivity contribution in [2.75, 3.05) is 5.32 Å². The average molecular weight is 398 g/mol. The van der Waals surface area contributed by atoms with Crippen molar-refractivity contribution < 1.29 is 9.18 Å². The second-order valence-electron chi connectivity index (χ2n) is 7.76. The molecular formula is C26H23FN2O. The summed E-state index contributed by atoms with van der Waals surface area (Å²) in [4.78, 5) is 18.2. The van der Waals surface area contributed by atoms with Gasteiger partial charge in [0, 0.05) is 16.6 Å². The molecule has 0 atom stereocenters. The van der Waals surface area contributed by atoms with Crippen molar-refractivity contribution in [1.82, 2.24) is 4.98 Å². The summed E-state index contributed by atoms with van der Waals surface area (Å²) in [6.45, 7) is 7.95. The van der Waals surface area contributed by atoms with Crippen LogP contribution in [0.5, 0.6) is 0 Å². The van der Waals surface area contributed by atoms with E-state index >= 15 is 0 Å². The van der Waals surface area contributed by atoms with Crippen molar-refractivity contribution in [3.63, 3.8) is 0 Å². The van der Waals surface area contributed by atoms with Crippen LogP contribution in [0.2, 0.25) is 0 Å². The summed E-state index contributed by atoms with van der Waals surface area (Å²) < 4.78 is 13.4. The highest BCUT2D eigenvalue weighted by molar-refractivity contribution is 6.14. The third-order valence-electron chi connectivity index (χ3n) is 5.35. The molecule has 0 aliphatic carbocycles. The molecule has 1 amide bonds. The second kappa shape index (κ2) is 7.71. The first-order valence-corrected chi connectivity index (χ1v) is 9.89. The Morgan fingerprint density at radius 2 is 1.53 bits per heavy atom. The number of hydrogen-bond donors (Lipinski definition) is 1. The van der Waals surface area contributed by atoms with Crippen LogP contribution in [0.15, 0.2) is 60.7 Å². The molecule has 3 nitrogen and oxygen atoms in total. The standard InChI is InChI=1S/C26H23FN2O/c1-15-12-18(4)25-21(13-15)22(14-23(28-25)19-8-10-20(27)11-9-19)26(30)29-24-16(2)6-5-7-17(24)3/h5-14H,1-4H3,(H,29,30). The Hall–Kier alpha value is -3.53. The van der Waals surface area contributed by atoms with Crippen molar-refractivity contribution in [2.45, 2.75) is 27.7 Å². The molecule has 0 aliphatic heterocycles. The molecule has 3 aromatic carbocycles. The molecular weight excluding hydrogens is 375 g/mol. The normalized spacial score (nSPS) is 11.0. The average Bonchev–Trinajstić information content (AvgIpc) is 2.70. The number of carbonyl (C=O) groups is 1. The maximum Gasteiger partial charge on any atom is 0.256 e. The fourth-order valence-electron chi connectivity index (χ4n) is 3.83. The molecule has 1 aromatic heterocycles. The number of hydrogen-bond acceptors (Lipinski definition) is 2. The van der Waals surface area contributed by atoms with Crippen LogP contribution in [0, 0.1) is 33.5 Å². The summed E-state index contributed by atoms with van der Waals surface area (Å²) in [5, 5.41) is 3.89. The van der Waals surface area contributed by atoms with Gasteiger partial charge in [0.25, 0.3) is 5.91 Å². The quantitative estimate of drug-likeness (QED) is 0.426. The van der Waals surface area contributed by atoms with Gasteiger partial charge in [-0.2, -0.15) is 0 Å². The number of amides is 1. The van der Waals surface area contributed by atoms with E-state index in [1.807, 2.05) is 52.0 Å². The number of pyridine rings is 1. The van der Waals surface area contributed by atoms with Gasteiger partial charge in [-0.25, -0.2) is 9.37 Å². The number of aryl methyl sites for hydroxylation is 4. The molecule has 4 heteroatoms. The van der Waals surface area contributed by atoms with Gasteiger partial charge in [0.1, 0.15) is 5.82 Å². The first-order chi connectivity index (χ1) is 14.3. The Balaban J connectivity index is 1.90. The first-order valence-electron chi connectivity index (χ1n) is 9.89. The number of nitrogens with zero attached hydrogens (tertiary/aromatic N) is 1. The summed E-state index contributed by atoms with van der Waals surface area (Å²) in [5.74, 6) is -0.493. The van der Waals surface area contributed by atoms with Gasteiger partial charge in [-0.3, -0.25) is 4.79 Å². The van der Waals surface area contributed by atoms with Crippen LogP contribution in [0.25, 0.3) is 22.2 Å². The summed E-state index contributed by atoms with van der Waals surface area (Å²) in [6.07, 6.45) is 0. The Morgan fingerprint density at radius 1 is 0.867 bits per heavy atom. The van der Waals surface area contributed by atoms with Crippen molar-refractivity contribution >= 4 is 22.5 Å². The molecule has 0 fully saturated rings. The van der Waals surface area contributed by atoms with E-state index in [1.165, 1.54) is 12.1 Å². The summed E-state index contributed by atoms with van der Waals surface area (Å²) >= 11 is 0. The van der Waals surface area contributed by atoms with Gasteiger partial charge in [-0.05, 0) is 80.8 Å². The molecule has 1 heterocycles. The fourth-order valence-corrected chi connectivity index (χ4v) is 3.83. The first kappa shape index (κ1) is 19.8. The van der Waals surface area contributed by atoms with Crippen LogP contribution >= 0.6 is 0 Å². The zero-order chi connectivity index (χ0) is 21.4. The van der Waals surface area contributed by atoms with E-state index in [4.69, 9.17) is 4.98 Å². The lowest BCUT2D eigenvalue weighted by molar-refractivity contribution is 0.102. The molecule has 30 heavy (non-hydrogen) atoms. The van der Waals surface area contributed by atoms with Crippen LogP contribution in [0.4, 0.5) is 10.1 Å². The monoisotopic (exact) mass is 398 g/mol.